The van der Waals surface area contributed by atoms with Crippen molar-refractivity contribution >= 4 is 28.5 Å². The Kier molecular flexibility index (Phi) is 6.12. The number of hydrogen-bond donors (Lipinski definition) is 0. The van der Waals surface area contributed by atoms with Gasteiger partial charge in [0.2, 0.25) is 0 Å². The Bertz CT molecular complexity index is 1180. The second kappa shape index (κ2) is 8.98. The fourth-order valence-corrected chi connectivity index (χ4v) is 5.66. The van der Waals surface area contributed by atoms with Gasteiger partial charge in [-0.05, 0) is 18.6 Å². The zero-order valence-corrected chi connectivity index (χ0v) is 19.5. The molecule has 0 N–H and O–H groups in total. The number of thioether (sulfide) groups is 1. The Hall–Kier alpha value is -2.86. The van der Waals surface area contributed by atoms with Crippen molar-refractivity contribution in [1.82, 2.24) is 24.5 Å². The van der Waals surface area contributed by atoms with Crippen molar-refractivity contribution in [3.63, 3.8) is 0 Å². The van der Waals surface area contributed by atoms with Crippen LogP contribution in [0.15, 0.2) is 30.8 Å². The van der Waals surface area contributed by atoms with Gasteiger partial charge in [-0.25, -0.2) is 9.07 Å². The maximum Gasteiger partial charge on any atom is 0.471 e. The van der Waals surface area contributed by atoms with Crippen LogP contribution in [0.25, 0.3) is 10.6 Å². The number of hydrogen-bond acceptors (Lipinski definition) is 5. The zero-order valence-electron chi connectivity index (χ0n) is 18.7. The number of piperazine rings is 1. The molecule has 0 saturated carbocycles. The number of fused-ring (bicyclic) bond motifs is 1. The van der Waals surface area contributed by atoms with E-state index in [4.69, 9.17) is 0 Å². The molecule has 2 fully saturated rings. The number of likely N-dealkylation sites (tertiary alicyclic amines) is 1. The number of para-hydroxylation sites is 1. The van der Waals surface area contributed by atoms with E-state index in [0.717, 1.165) is 21.3 Å². The van der Waals surface area contributed by atoms with E-state index in [2.05, 4.69) is 11.7 Å². The molecule has 3 aliphatic heterocycles. The molecule has 4 heterocycles. The molecule has 0 spiro atoms. The van der Waals surface area contributed by atoms with E-state index in [-0.39, 0.29) is 36.4 Å². The number of carbonyl (C=O) groups is 2. The molecule has 2 saturated heterocycles. The van der Waals surface area contributed by atoms with E-state index in [1.165, 1.54) is 22.5 Å². The van der Waals surface area contributed by atoms with Gasteiger partial charge >= 0.3 is 12.1 Å². The van der Waals surface area contributed by atoms with Crippen molar-refractivity contribution < 1.29 is 27.2 Å². The Morgan fingerprint density at radius 2 is 1.74 bits per heavy atom. The van der Waals surface area contributed by atoms with Crippen LogP contribution in [0.3, 0.4) is 0 Å². The molecule has 0 bridgehead atoms. The molecule has 0 aliphatic carbocycles. The van der Waals surface area contributed by atoms with E-state index in [1.807, 2.05) is 4.90 Å². The van der Waals surface area contributed by atoms with E-state index in [0.29, 0.717) is 38.2 Å². The van der Waals surface area contributed by atoms with Gasteiger partial charge in [0.05, 0.1) is 5.69 Å². The molecule has 1 aromatic carbocycles. The lowest BCUT2D eigenvalue weighted by atomic mass is 10.0. The van der Waals surface area contributed by atoms with Crippen LogP contribution >= 0.6 is 11.8 Å². The van der Waals surface area contributed by atoms with Crippen LogP contribution in [0, 0.1) is 5.82 Å². The average molecular weight is 510 g/mol. The fourth-order valence-electron chi connectivity index (χ4n) is 4.76. The van der Waals surface area contributed by atoms with E-state index in [9.17, 15) is 27.2 Å². The lowest BCUT2D eigenvalue weighted by Crippen LogP contribution is -2.65. The summed E-state index contributed by atoms with van der Waals surface area (Å²) in [7, 11) is 0. The van der Waals surface area contributed by atoms with Gasteiger partial charge in [-0.1, -0.05) is 18.7 Å². The number of amides is 2. The maximum absolute atomic E-state index is 14.5. The van der Waals surface area contributed by atoms with Crippen LogP contribution in [0.2, 0.25) is 0 Å². The summed E-state index contributed by atoms with van der Waals surface area (Å²) in [6.07, 6.45) is -4.24. The molecule has 0 radical (unpaired) electrons. The number of carbonyl (C=O) groups excluding carboxylic acids is 2. The topological polar surface area (TPSA) is 61.7 Å². The largest absolute Gasteiger partial charge is 0.471 e. The third kappa shape index (κ3) is 4.33. The first kappa shape index (κ1) is 23.9. The standard InChI is InChI=1S/C23H23F4N5O2S/c1-14-19-18(6-11-35-14)32(17-5-3-2-4-16(17)24)28-20(19)21(33)31-12-15(13-31)29-7-9-30(10-8-29)22(34)23(25,26)27/h2-5,15H,1,6-13H2. The summed E-state index contributed by atoms with van der Waals surface area (Å²) >= 11 is 1.54. The van der Waals surface area contributed by atoms with Crippen LogP contribution in [0.5, 0.6) is 0 Å². The molecular formula is C23H23F4N5O2S. The van der Waals surface area contributed by atoms with Crippen molar-refractivity contribution in [3.8, 4) is 5.69 Å². The summed E-state index contributed by atoms with van der Waals surface area (Å²) in [6.45, 7) is 5.54. The first-order chi connectivity index (χ1) is 16.6. The number of halogens is 4. The molecule has 0 unspecified atom stereocenters. The van der Waals surface area contributed by atoms with E-state index in [1.54, 1.807) is 23.1 Å². The molecular weight excluding hydrogens is 486 g/mol. The zero-order chi connectivity index (χ0) is 24.9. The molecule has 12 heteroatoms. The SMILES string of the molecule is C=C1SCCc2c1c(C(=O)N1CC(N3CCN(C(=O)C(F)(F)F)CC3)C1)nn2-c1ccccc1F. The van der Waals surface area contributed by atoms with Crippen LogP contribution in [-0.2, 0) is 11.2 Å². The lowest BCUT2D eigenvalue weighted by molar-refractivity contribution is -0.187. The number of aromatic nitrogens is 2. The lowest BCUT2D eigenvalue weighted by Gasteiger charge is -2.48. The monoisotopic (exact) mass is 509 g/mol. The van der Waals surface area contributed by atoms with Crippen molar-refractivity contribution in [2.45, 2.75) is 18.6 Å². The Morgan fingerprint density at radius 1 is 1.06 bits per heavy atom. The normalized spacial score (nSPS) is 19.5. The van der Waals surface area contributed by atoms with Crippen LogP contribution in [0.1, 0.15) is 21.7 Å². The first-order valence-electron chi connectivity index (χ1n) is 11.2. The Balaban J connectivity index is 1.28. The number of alkyl halides is 3. The highest BCUT2D eigenvalue weighted by Crippen LogP contribution is 2.38. The third-order valence-corrected chi connectivity index (χ3v) is 7.63. The van der Waals surface area contributed by atoms with Gasteiger partial charge in [-0.15, -0.1) is 11.8 Å². The highest BCUT2D eigenvalue weighted by atomic mass is 32.2. The molecule has 2 amide bonds. The van der Waals surface area contributed by atoms with Gasteiger partial charge in [0.1, 0.15) is 11.5 Å². The highest BCUT2D eigenvalue weighted by Gasteiger charge is 2.45. The summed E-state index contributed by atoms with van der Waals surface area (Å²) in [5.41, 5.74) is 1.91. The van der Waals surface area contributed by atoms with Crippen molar-refractivity contribution in [2.24, 2.45) is 0 Å². The molecule has 0 atom stereocenters. The molecule has 2 aromatic rings. The number of rotatable bonds is 3. The smallest absolute Gasteiger partial charge is 0.334 e. The number of benzene rings is 1. The molecule has 5 rings (SSSR count). The molecule has 186 valence electrons. The molecule has 35 heavy (non-hydrogen) atoms. The highest BCUT2D eigenvalue weighted by molar-refractivity contribution is 8.08. The minimum Gasteiger partial charge on any atom is -0.334 e. The minimum absolute atomic E-state index is 0.000388. The van der Waals surface area contributed by atoms with Gasteiger partial charge in [0, 0.05) is 61.5 Å². The van der Waals surface area contributed by atoms with Crippen molar-refractivity contribution in [3.05, 3.63) is 53.6 Å². The van der Waals surface area contributed by atoms with Crippen molar-refractivity contribution in [1.29, 1.82) is 0 Å². The van der Waals surface area contributed by atoms with Gasteiger partial charge in [0.25, 0.3) is 5.91 Å². The summed E-state index contributed by atoms with van der Waals surface area (Å²) in [5, 5.41) is 4.51. The van der Waals surface area contributed by atoms with Crippen LogP contribution in [-0.4, -0.2) is 93.5 Å². The third-order valence-electron chi connectivity index (χ3n) is 6.67. The predicted octanol–water partition coefficient (Wildman–Crippen LogP) is 2.80. The summed E-state index contributed by atoms with van der Waals surface area (Å²) in [5.74, 6) is -1.76. The van der Waals surface area contributed by atoms with Gasteiger partial charge in [0.15, 0.2) is 5.69 Å². The summed E-state index contributed by atoms with van der Waals surface area (Å²) in [4.78, 5) is 30.0. The number of nitrogens with zero attached hydrogens (tertiary/aromatic N) is 5. The summed E-state index contributed by atoms with van der Waals surface area (Å²) in [6, 6.07) is 6.27. The maximum atomic E-state index is 14.5. The Morgan fingerprint density at radius 3 is 2.40 bits per heavy atom. The molecule has 1 aromatic heterocycles. The fraction of sp³-hybridized carbons (Fsp3) is 0.435. The molecule has 3 aliphatic rings. The quantitative estimate of drug-likeness (QED) is 0.596. The second-order valence-electron chi connectivity index (χ2n) is 8.75. The summed E-state index contributed by atoms with van der Waals surface area (Å²) < 4.78 is 54.0. The van der Waals surface area contributed by atoms with E-state index < -0.39 is 17.9 Å². The van der Waals surface area contributed by atoms with E-state index >= 15 is 0 Å². The average Bonchev–Trinajstić information content (AvgIpc) is 3.18. The van der Waals surface area contributed by atoms with Gasteiger partial charge in [-0.3, -0.25) is 14.5 Å². The van der Waals surface area contributed by atoms with Crippen molar-refractivity contribution in [2.75, 3.05) is 45.0 Å². The first-order valence-corrected chi connectivity index (χ1v) is 12.2. The van der Waals surface area contributed by atoms with Crippen LogP contribution < -0.4 is 0 Å². The van der Waals surface area contributed by atoms with Crippen LogP contribution in [0.4, 0.5) is 17.6 Å². The second-order valence-corrected chi connectivity index (χ2v) is 9.93. The molecule has 7 nitrogen and oxygen atoms in total. The minimum atomic E-state index is -4.87. The predicted molar refractivity (Wildman–Crippen MR) is 123 cm³/mol. The van der Waals surface area contributed by atoms with Gasteiger partial charge in [-0.2, -0.15) is 18.3 Å². The van der Waals surface area contributed by atoms with Gasteiger partial charge < -0.3 is 9.80 Å². The Labute approximate surface area is 203 Å².